The van der Waals surface area contributed by atoms with E-state index < -0.39 is 4.92 Å². The number of likely N-dealkylation sites (N-methyl/N-ethyl adjacent to an activating group) is 1. The number of nitro groups is 1. The van der Waals surface area contributed by atoms with Gasteiger partial charge in [0.15, 0.2) is 0 Å². The lowest BCUT2D eigenvalue weighted by atomic mass is 9.96. The summed E-state index contributed by atoms with van der Waals surface area (Å²) in [4.78, 5) is 12.9. The fraction of sp³-hybridized carbons (Fsp3) is 0.533. The van der Waals surface area contributed by atoms with E-state index in [-0.39, 0.29) is 11.2 Å². The van der Waals surface area contributed by atoms with Crippen LogP contribution in [0.2, 0.25) is 0 Å². The van der Waals surface area contributed by atoms with E-state index in [4.69, 9.17) is 5.26 Å². The van der Waals surface area contributed by atoms with Crippen LogP contribution >= 0.6 is 0 Å². The van der Waals surface area contributed by atoms with E-state index >= 15 is 0 Å². The number of nitrogens with one attached hydrogen (secondary N) is 1. The number of nitriles is 1. The lowest BCUT2D eigenvalue weighted by Gasteiger charge is -2.36. The minimum Gasteiger partial charge on any atom is -0.378 e. The largest absolute Gasteiger partial charge is 0.378 e. The molecular weight excluding hydrogens is 268 g/mol. The number of nitro benzene ring substituents is 1. The summed E-state index contributed by atoms with van der Waals surface area (Å²) in [5.41, 5.74) is 0.901. The van der Waals surface area contributed by atoms with E-state index in [2.05, 4.69) is 10.2 Å². The lowest BCUT2D eigenvalue weighted by molar-refractivity contribution is -0.384. The second-order valence-electron chi connectivity index (χ2n) is 5.78. The Morgan fingerprint density at radius 3 is 2.62 bits per heavy atom. The van der Waals surface area contributed by atoms with Crippen molar-refractivity contribution in [1.29, 1.82) is 5.26 Å². The average Bonchev–Trinajstić information content (AvgIpc) is 2.94. The maximum atomic E-state index is 11.1. The van der Waals surface area contributed by atoms with Crippen LogP contribution in [0.4, 0.5) is 11.4 Å². The highest BCUT2D eigenvalue weighted by molar-refractivity contribution is 5.64. The minimum absolute atomic E-state index is 0.0147. The molecule has 112 valence electrons. The molecule has 0 radical (unpaired) electrons. The Bertz CT molecular complexity index is 572. The van der Waals surface area contributed by atoms with E-state index in [9.17, 15) is 10.1 Å². The van der Waals surface area contributed by atoms with Crippen LogP contribution in [-0.2, 0) is 0 Å². The fourth-order valence-electron chi connectivity index (χ4n) is 2.98. The van der Waals surface area contributed by atoms with Crippen LogP contribution in [0.25, 0.3) is 0 Å². The third-order valence-electron chi connectivity index (χ3n) is 4.41. The molecule has 1 N–H and O–H groups in total. The van der Waals surface area contributed by atoms with Crippen molar-refractivity contribution in [2.24, 2.45) is 0 Å². The van der Waals surface area contributed by atoms with Gasteiger partial charge >= 0.3 is 0 Å². The van der Waals surface area contributed by atoms with Gasteiger partial charge in [0.05, 0.1) is 16.6 Å². The first-order valence-corrected chi connectivity index (χ1v) is 7.08. The van der Waals surface area contributed by atoms with Crippen molar-refractivity contribution in [3.63, 3.8) is 0 Å². The second-order valence-corrected chi connectivity index (χ2v) is 5.78. The molecule has 6 heteroatoms. The standard InChI is InChI=1S/C15H20N4O2/c1-18(2)15(7-3-4-8-15)11-17-13-9-12(10-16)5-6-14(13)19(20)21/h5-6,9,17H,3-4,7-8,11H2,1-2H3. The molecule has 1 fully saturated rings. The van der Waals surface area contributed by atoms with Crippen LogP contribution in [0.5, 0.6) is 0 Å². The van der Waals surface area contributed by atoms with Crippen molar-refractivity contribution in [2.45, 2.75) is 31.2 Å². The first kappa shape index (κ1) is 15.3. The first-order chi connectivity index (χ1) is 9.98. The maximum Gasteiger partial charge on any atom is 0.292 e. The van der Waals surface area contributed by atoms with Gasteiger partial charge in [-0.05, 0) is 39.1 Å². The number of benzene rings is 1. The van der Waals surface area contributed by atoms with E-state index in [1.54, 1.807) is 6.07 Å². The summed E-state index contributed by atoms with van der Waals surface area (Å²) in [7, 11) is 4.10. The quantitative estimate of drug-likeness (QED) is 0.665. The number of anilines is 1. The van der Waals surface area contributed by atoms with Gasteiger partial charge in [0.2, 0.25) is 0 Å². The molecule has 1 aliphatic carbocycles. The summed E-state index contributed by atoms with van der Waals surface area (Å²) in [6.07, 6.45) is 4.53. The van der Waals surface area contributed by atoms with E-state index in [0.717, 1.165) is 12.8 Å². The Morgan fingerprint density at radius 2 is 2.10 bits per heavy atom. The summed E-state index contributed by atoms with van der Waals surface area (Å²) in [6, 6.07) is 6.43. The fourth-order valence-corrected chi connectivity index (χ4v) is 2.98. The van der Waals surface area contributed by atoms with Crippen molar-refractivity contribution in [2.75, 3.05) is 26.0 Å². The molecule has 1 aliphatic rings. The van der Waals surface area contributed by atoms with E-state index in [0.29, 0.717) is 17.8 Å². The number of rotatable bonds is 5. The molecule has 0 saturated heterocycles. The molecule has 0 heterocycles. The molecule has 0 unspecified atom stereocenters. The molecule has 1 aromatic rings. The Labute approximate surface area is 124 Å². The number of hydrogen-bond acceptors (Lipinski definition) is 5. The summed E-state index contributed by atoms with van der Waals surface area (Å²) in [5, 5.41) is 23.3. The highest BCUT2D eigenvalue weighted by Crippen LogP contribution is 2.35. The molecular formula is C15H20N4O2. The molecule has 0 amide bonds. The average molecular weight is 288 g/mol. The number of hydrogen-bond donors (Lipinski definition) is 1. The topological polar surface area (TPSA) is 82.2 Å². The summed E-state index contributed by atoms with van der Waals surface area (Å²) >= 11 is 0. The van der Waals surface area contributed by atoms with Gasteiger partial charge < -0.3 is 10.2 Å². The zero-order chi connectivity index (χ0) is 15.5. The molecule has 1 saturated carbocycles. The molecule has 0 bridgehead atoms. The normalized spacial score (nSPS) is 16.7. The molecule has 6 nitrogen and oxygen atoms in total. The van der Waals surface area contributed by atoms with E-state index in [1.807, 2.05) is 20.2 Å². The van der Waals surface area contributed by atoms with Crippen LogP contribution in [0.1, 0.15) is 31.2 Å². The predicted octanol–water partition coefficient (Wildman–Crippen LogP) is 2.75. The minimum atomic E-state index is -0.416. The van der Waals surface area contributed by atoms with Crippen molar-refractivity contribution in [3.05, 3.63) is 33.9 Å². The zero-order valence-electron chi connectivity index (χ0n) is 12.4. The SMILES string of the molecule is CN(C)C1(CNc2cc(C#N)ccc2[N+](=O)[O-])CCCC1. The number of nitrogens with zero attached hydrogens (tertiary/aromatic N) is 3. The van der Waals surface area contributed by atoms with Gasteiger partial charge in [-0.2, -0.15) is 5.26 Å². The van der Waals surface area contributed by atoms with Crippen molar-refractivity contribution < 1.29 is 4.92 Å². The van der Waals surface area contributed by atoms with Gasteiger partial charge in [-0.1, -0.05) is 12.8 Å². The van der Waals surface area contributed by atoms with Crippen molar-refractivity contribution in [3.8, 4) is 6.07 Å². The molecule has 0 aliphatic heterocycles. The zero-order valence-corrected chi connectivity index (χ0v) is 12.4. The van der Waals surface area contributed by atoms with Gasteiger partial charge in [0.25, 0.3) is 5.69 Å². The molecule has 1 aromatic carbocycles. The van der Waals surface area contributed by atoms with Crippen LogP contribution < -0.4 is 5.32 Å². The van der Waals surface area contributed by atoms with Crippen LogP contribution in [0, 0.1) is 21.4 Å². The van der Waals surface area contributed by atoms with Crippen LogP contribution in [-0.4, -0.2) is 36.0 Å². The Hall–Kier alpha value is -2.13. The molecule has 0 aromatic heterocycles. The van der Waals surface area contributed by atoms with Crippen LogP contribution in [0.3, 0.4) is 0 Å². The van der Waals surface area contributed by atoms with Crippen molar-refractivity contribution >= 4 is 11.4 Å². The third kappa shape index (κ3) is 3.14. The van der Waals surface area contributed by atoms with Crippen molar-refractivity contribution in [1.82, 2.24) is 4.90 Å². The van der Waals surface area contributed by atoms with Gasteiger partial charge in [-0.15, -0.1) is 0 Å². The smallest absolute Gasteiger partial charge is 0.292 e. The predicted molar refractivity (Wildman–Crippen MR) is 81.2 cm³/mol. The summed E-state index contributed by atoms with van der Waals surface area (Å²) < 4.78 is 0. The molecule has 21 heavy (non-hydrogen) atoms. The van der Waals surface area contributed by atoms with Gasteiger partial charge in [-0.3, -0.25) is 10.1 Å². The third-order valence-corrected chi connectivity index (χ3v) is 4.41. The van der Waals surface area contributed by atoms with Gasteiger partial charge in [-0.25, -0.2) is 0 Å². The summed E-state index contributed by atoms with van der Waals surface area (Å²) in [6.45, 7) is 0.649. The highest BCUT2D eigenvalue weighted by atomic mass is 16.6. The first-order valence-electron chi connectivity index (χ1n) is 7.08. The lowest BCUT2D eigenvalue weighted by Crippen LogP contribution is -2.47. The molecule has 2 rings (SSSR count). The van der Waals surface area contributed by atoms with Crippen LogP contribution in [0.15, 0.2) is 18.2 Å². The summed E-state index contributed by atoms with van der Waals surface area (Å²) in [5.74, 6) is 0. The highest BCUT2D eigenvalue weighted by Gasteiger charge is 2.36. The Kier molecular flexibility index (Phi) is 4.43. The maximum absolute atomic E-state index is 11.1. The van der Waals surface area contributed by atoms with E-state index in [1.165, 1.54) is 25.0 Å². The second kappa shape index (κ2) is 6.10. The molecule has 0 spiro atoms. The monoisotopic (exact) mass is 288 g/mol. The van der Waals surface area contributed by atoms with Gasteiger partial charge in [0, 0.05) is 18.2 Å². The Morgan fingerprint density at radius 1 is 1.43 bits per heavy atom. The molecule has 0 atom stereocenters. The Balaban J connectivity index is 2.22. The van der Waals surface area contributed by atoms with Gasteiger partial charge in [0.1, 0.15) is 5.69 Å².